The van der Waals surface area contributed by atoms with Crippen LogP contribution in [0.5, 0.6) is 0 Å². The minimum atomic E-state index is 0. The second kappa shape index (κ2) is 256. The van der Waals surface area contributed by atoms with Gasteiger partial charge >= 0.3 is 73.2 Å². The van der Waals surface area contributed by atoms with Gasteiger partial charge in [-0.1, -0.05) is 69.2 Å². The predicted molar refractivity (Wildman–Crippen MR) is 117 cm³/mol. The van der Waals surface area contributed by atoms with Gasteiger partial charge in [-0.2, -0.15) is 0 Å². The van der Waals surface area contributed by atoms with Crippen LogP contribution in [0.1, 0.15) is 69.2 Å². The summed E-state index contributed by atoms with van der Waals surface area (Å²) in [6.45, 7) is 15.7. The van der Waals surface area contributed by atoms with Crippen molar-refractivity contribution >= 4 is 47.0 Å². The van der Waals surface area contributed by atoms with Gasteiger partial charge < -0.3 is 51.1 Å². The van der Waals surface area contributed by atoms with Crippen molar-refractivity contribution in [3.8, 4) is 0 Å². The minimum absolute atomic E-state index is 0. The van der Waals surface area contributed by atoms with Gasteiger partial charge in [-0.3, -0.25) is 0 Å². The van der Waals surface area contributed by atoms with Crippen LogP contribution in [0.4, 0.5) is 0 Å². The Kier molecular flexibility index (Phi) is 649. The normalized spacial score (nSPS) is 5.45. The third-order valence-corrected chi connectivity index (χ3v) is 0. The molecule has 0 aromatic heterocycles. The Labute approximate surface area is 257 Å². The second-order valence-corrected chi connectivity index (χ2v) is 2.89. The monoisotopic (exact) mass is 684 g/mol. The molecule has 0 bridgehead atoms. The van der Waals surface area contributed by atoms with Crippen LogP contribution in [-0.4, -0.2) is 113 Å². The van der Waals surface area contributed by atoms with Crippen LogP contribution >= 0.6 is 0 Å². The Morgan fingerprint density at radius 2 is 0.273 bits per heavy atom. The average Bonchev–Trinajstić information content (AvgIpc) is 2.61. The van der Waals surface area contributed by atoms with E-state index in [2.05, 4.69) is 0 Å². The van der Waals surface area contributed by atoms with Gasteiger partial charge in [-0.15, -0.1) is 66.1 Å². The van der Waals surface area contributed by atoms with Crippen LogP contribution in [0.3, 0.4) is 0 Å². The fourth-order valence-corrected chi connectivity index (χ4v) is 0. The van der Waals surface area contributed by atoms with Gasteiger partial charge in [-0.05, 0) is 0 Å². The summed E-state index contributed by atoms with van der Waals surface area (Å²) in [5, 5.41) is 89.3. The Morgan fingerprint density at radius 3 is 0.273 bits per heavy atom. The van der Waals surface area contributed by atoms with E-state index in [1.165, 1.54) is 0 Å². The number of hydrogen-bond acceptors (Lipinski definition) is 10. The molecule has 0 N–H and O–H groups in total. The van der Waals surface area contributed by atoms with Gasteiger partial charge in [0.2, 0.25) is 0 Å². The molecule has 0 aromatic rings. The smallest absolute Gasteiger partial charge is 0.855 e. The van der Waals surface area contributed by atoms with Gasteiger partial charge in [0.05, 0.1) is 0 Å². The Bertz CT molecular complexity index is 80.0. The van der Waals surface area contributed by atoms with Gasteiger partial charge in [0.1, 0.15) is 0 Å². The zero-order chi connectivity index (χ0) is 27.1. The number of hydrogen-bond donors (Lipinski definition) is 0. The van der Waals surface area contributed by atoms with E-state index in [0.717, 1.165) is 0 Å². The molecule has 13 heteroatoms. The average molecular weight is 685 g/mol. The summed E-state index contributed by atoms with van der Waals surface area (Å²) >= 11 is 0. The molecule has 0 aliphatic rings. The largest absolute Gasteiger partial charge is 4.00 e. The van der Waals surface area contributed by atoms with Crippen LogP contribution in [0, 0.1) is 0 Å². The standard InChI is InChI=1S/10C2H5O.Mg.Sn.Zr/c10*1-2-3;;;/h10*2H2,1H3;;;/q10*-1;+2;2*+4. The molecule has 10 nitrogen and oxygen atoms in total. The Hall–Kier alpha value is 2.05. The molecule has 0 fully saturated rings. The Balaban J connectivity index is -0.0000000121. The summed E-state index contributed by atoms with van der Waals surface area (Å²) in [6, 6.07) is 0. The molecule has 0 aliphatic heterocycles. The van der Waals surface area contributed by atoms with E-state index in [-0.39, 0.29) is 139 Å². The fraction of sp³-hybridized carbons (Fsp3) is 1.00. The first-order valence-electron chi connectivity index (χ1n) is 9.96. The zero-order valence-electron chi connectivity index (χ0n) is 22.9. The molecule has 0 radical (unpaired) electrons. The van der Waals surface area contributed by atoms with Crippen molar-refractivity contribution in [2.75, 3.05) is 66.1 Å². The maximum atomic E-state index is 8.93. The summed E-state index contributed by atoms with van der Waals surface area (Å²) in [4.78, 5) is 0. The Morgan fingerprint density at radius 1 is 0.273 bits per heavy atom. The first kappa shape index (κ1) is 83.6. The van der Waals surface area contributed by atoms with E-state index in [0.29, 0.717) is 0 Å². The molecule has 0 aliphatic carbocycles. The molecule has 0 atom stereocenters. The van der Waals surface area contributed by atoms with Crippen LogP contribution in [0.25, 0.3) is 0 Å². The first-order valence-corrected chi connectivity index (χ1v) is 9.96. The molecule has 0 heterocycles. The molecule has 33 heavy (non-hydrogen) atoms. The fourth-order valence-electron chi connectivity index (χ4n) is 0. The summed E-state index contributed by atoms with van der Waals surface area (Å²) in [7, 11) is 0. The van der Waals surface area contributed by atoms with Crippen molar-refractivity contribution in [1.82, 2.24) is 0 Å². The molecule has 0 unspecified atom stereocenters. The van der Waals surface area contributed by atoms with E-state index in [4.69, 9.17) is 51.1 Å². The van der Waals surface area contributed by atoms with Gasteiger partial charge in [0.15, 0.2) is 0 Å². The summed E-state index contributed by atoms with van der Waals surface area (Å²) in [6.07, 6.45) is 0. The minimum Gasteiger partial charge on any atom is -0.855 e. The van der Waals surface area contributed by atoms with E-state index in [1.807, 2.05) is 0 Å². The van der Waals surface area contributed by atoms with Crippen molar-refractivity contribution < 1.29 is 77.3 Å². The topological polar surface area (TPSA) is 231 Å². The third-order valence-electron chi connectivity index (χ3n) is 0. The van der Waals surface area contributed by atoms with Crippen molar-refractivity contribution in [3.63, 3.8) is 0 Å². The van der Waals surface area contributed by atoms with Crippen LogP contribution in [0.2, 0.25) is 0 Å². The molecule has 0 rings (SSSR count). The van der Waals surface area contributed by atoms with Crippen molar-refractivity contribution in [2.45, 2.75) is 69.2 Å². The van der Waals surface area contributed by atoms with Gasteiger partial charge in [-0.25, -0.2) is 0 Å². The van der Waals surface area contributed by atoms with E-state index < -0.39 is 0 Å². The predicted octanol–water partition coefficient (Wildman–Crippen LogP) is -7.10. The van der Waals surface area contributed by atoms with Gasteiger partial charge in [0.25, 0.3) is 0 Å². The molecule has 0 aromatic carbocycles. The second-order valence-electron chi connectivity index (χ2n) is 2.89. The van der Waals surface area contributed by atoms with E-state index >= 15 is 0 Å². The summed E-state index contributed by atoms with van der Waals surface area (Å²) in [5.74, 6) is 0. The van der Waals surface area contributed by atoms with Crippen LogP contribution in [0.15, 0.2) is 0 Å². The van der Waals surface area contributed by atoms with Crippen LogP contribution < -0.4 is 51.1 Å². The maximum absolute atomic E-state index is 8.93. The quantitative estimate of drug-likeness (QED) is 0.219. The van der Waals surface area contributed by atoms with Crippen molar-refractivity contribution in [1.29, 1.82) is 0 Å². The SMILES string of the molecule is CC[O-].CC[O-].CC[O-].CC[O-].CC[O-].CC[O-].CC[O-].CC[O-].CC[O-].CC[O-].[Mg+2].[Sn+4].[Zr+4]. The molecule has 0 saturated heterocycles. The van der Waals surface area contributed by atoms with Crippen molar-refractivity contribution in [3.05, 3.63) is 0 Å². The molecular weight excluding hydrogens is 634 g/mol. The molecule has 0 spiro atoms. The molecule has 0 saturated carbocycles. The van der Waals surface area contributed by atoms with E-state index in [1.54, 1.807) is 69.2 Å². The molecule has 0 amide bonds. The zero-order valence-corrected chi connectivity index (χ0v) is 29.6. The summed E-state index contributed by atoms with van der Waals surface area (Å²) in [5.41, 5.74) is 0. The van der Waals surface area contributed by atoms with E-state index in [9.17, 15) is 0 Å². The van der Waals surface area contributed by atoms with Gasteiger partial charge in [0, 0.05) is 0 Å². The van der Waals surface area contributed by atoms with Crippen LogP contribution in [-0.2, 0) is 26.2 Å². The molecular formula is C20H50MgO10SnZr. The third kappa shape index (κ3) is 8340. The summed E-state index contributed by atoms with van der Waals surface area (Å²) < 4.78 is 0. The first-order chi connectivity index (χ1) is 14.1. The molecule has 200 valence electrons. The number of rotatable bonds is 0. The van der Waals surface area contributed by atoms with Crippen molar-refractivity contribution in [2.24, 2.45) is 0 Å². The maximum Gasteiger partial charge on any atom is 4.00 e.